The molecule has 0 bridgehead atoms. The summed E-state index contributed by atoms with van der Waals surface area (Å²) in [4.78, 5) is 15.7. The quantitative estimate of drug-likeness (QED) is 0.848. The largest absolute Gasteiger partial charge is 0.348 e. The van der Waals surface area contributed by atoms with Gasteiger partial charge in [-0.05, 0) is 35.7 Å². The van der Waals surface area contributed by atoms with Crippen LogP contribution in [0.15, 0.2) is 9.27 Å². The summed E-state index contributed by atoms with van der Waals surface area (Å²) in [6.07, 6.45) is 1.07. The van der Waals surface area contributed by atoms with Gasteiger partial charge in [-0.15, -0.1) is 0 Å². The molecule has 0 amide bonds. The summed E-state index contributed by atoms with van der Waals surface area (Å²) < 4.78 is 2.68. The SMILES string of the molecule is CCC(C)Cn1c(C)c(Br)c(C)nc1=O. The van der Waals surface area contributed by atoms with E-state index in [0.29, 0.717) is 5.92 Å². The molecule has 1 aromatic rings. The predicted octanol–water partition coefficient (Wildman–Crippen LogP) is 2.67. The van der Waals surface area contributed by atoms with E-state index in [1.165, 1.54) is 0 Å². The summed E-state index contributed by atoms with van der Waals surface area (Å²) in [6, 6.07) is 0. The number of hydrogen-bond donors (Lipinski definition) is 0. The highest BCUT2D eigenvalue weighted by molar-refractivity contribution is 9.10. The molecule has 1 aromatic heterocycles. The maximum atomic E-state index is 11.7. The van der Waals surface area contributed by atoms with Gasteiger partial charge >= 0.3 is 5.69 Å². The molecule has 1 unspecified atom stereocenters. The molecule has 4 heteroatoms. The van der Waals surface area contributed by atoms with Crippen LogP contribution in [0.4, 0.5) is 0 Å². The van der Waals surface area contributed by atoms with Crippen LogP contribution in [-0.4, -0.2) is 9.55 Å². The standard InChI is InChI=1S/C11H17BrN2O/c1-5-7(2)6-14-9(4)10(12)8(3)13-11(14)15/h7H,5-6H2,1-4H3. The molecule has 0 saturated heterocycles. The van der Waals surface area contributed by atoms with Gasteiger partial charge in [0.05, 0.1) is 10.2 Å². The summed E-state index contributed by atoms with van der Waals surface area (Å²) in [7, 11) is 0. The monoisotopic (exact) mass is 272 g/mol. The molecule has 0 aliphatic rings. The molecule has 0 fully saturated rings. The third-order valence-corrected chi connectivity index (χ3v) is 3.87. The topological polar surface area (TPSA) is 34.9 Å². The summed E-state index contributed by atoms with van der Waals surface area (Å²) in [6.45, 7) is 8.79. The van der Waals surface area contributed by atoms with Crippen LogP contribution in [0.5, 0.6) is 0 Å². The van der Waals surface area contributed by atoms with Crippen molar-refractivity contribution in [3.05, 3.63) is 26.3 Å². The lowest BCUT2D eigenvalue weighted by Gasteiger charge is -2.15. The summed E-state index contributed by atoms with van der Waals surface area (Å²) >= 11 is 3.45. The molecule has 0 aliphatic carbocycles. The van der Waals surface area contributed by atoms with Crippen LogP contribution in [-0.2, 0) is 6.54 Å². The Hall–Kier alpha value is -0.640. The third kappa shape index (κ3) is 2.68. The summed E-state index contributed by atoms with van der Waals surface area (Å²) in [5.41, 5.74) is 1.58. The van der Waals surface area contributed by atoms with Gasteiger partial charge in [0.2, 0.25) is 0 Å². The highest BCUT2D eigenvalue weighted by atomic mass is 79.9. The Morgan fingerprint density at radius 3 is 2.60 bits per heavy atom. The Kier molecular flexibility index (Phi) is 4.08. The van der Waals surface area contributed by atoms with Gasteiger partial charge in [-0.25, -0.2) is 4.79 Å². The molecule has 0 aromatic carbocycles. The smallest absolute Gasteiger partial charge is 0.295 e. The first-order valence-electron chi connectivity index (χ1n) is 5.20. The minimum atomic E-state index is -0.145. The van der Waals surface area contributed by atoms with E-state index in [2.05, 4.69) is 34.8 Å². The van der Waals surface area contributed by atoms with Crippen LogP contribution in [0.25, 0.3) is 0 Å². The van der Waals surface area contributed by atoms with Crippen molar-refractivity contribution in [3.8, 4) is 0 Å². The Morgan fingerprint density at radius 1 is 1.47 bits per heavy atom. The molecule has 1 rings (SSSR count). The lowest BCUT2D eigenvalue weighted by Crippen LogP contribution is -2.28. The number of hydrogen-bond acceptors (Lipinski definition) is 2. The summed E-state index contributed by atoms with van der Waals surface area (Å²) in [5, 5.41) is 0. The number of halogens is 1. The van der Waals surface area contributed by atoms with E-state index in [9.17, 15) is 4.79 Å². The first-order chi connectivity index (χ1) is 6.97. The lowest BCUT2D eigenvalue weighted by molar-refractivity contribution is 0.446. The predicted molar refractivity (Wildman–Crippen MR) is 65.1 cm³/mol. The van der Waals surface area contributed by atoms with E-state index in [1.54, 1.807) is 4.57 Å². The highest BCUT2D eigenvalue weighted by Crippen LogP contribution is 2.17. The van der Waals surface area contributed by atoms with Gasteiger partial charge in [-0.1, -0.05) is 20.3 Å². The van der Waals surface area contributed by atoms with Crippen molar-refractivity contribution >= 4 is 15.9 Å². The third-order valence-electron chi connectivity index (χ3n) is 2.73. The second kappa shape index (κ2) is 4.92. The van der Waals surface area contributed by atoms with Gasteiger partial charge in [0, 0.05) is 12.2 Å². The maximum Gasteiger partial charge on any atom is 0.348 e. The van der Waals surface area contributed by atoms with Gasteiger partial charge in [-0.3, -0.25) is 4.57 Å². The molecule has 1 heterocycles. The van der Waals surface area contributed by atoms with Gasteiger partial charge in [-0.2, -0.15) is 4.98 Å². The molecule has 3 nitrogen and oxygen atoms in total. The van der Waals surface area contributed by atoms with Crippen LogP contribution in [0, 0.1) is 19.8 Å². The number of rotatable bonds is 3. The van der Waals surface area contributed by atoms with Gasteiger partial charge < -0.3 is 0 Å². The van der Waals surface area contributed by atoms with Gasteiger partial charge in [0.25, 0.3) is 0 Å². The Balaban J connectivity index is 3.18. The Bertz CT molecular complexity index is 412. The molecule has 15 heavy (non-hydrogen) atoms. The van der Waals surface area contributed by atoms with Gasteiger partial charge in [0.1, 0.15) is 0 Å². The van der Waals surface area contributed by atoms with Crippen molar-refractivity contribution in [3.63, 3.8) is 0 Å². The van der Waals surface area contributed by atoms with E-state index in [1.807, 2.05) is 13.8 Å². The van der Waals surface area contributed by atoms with Crippen LogP contribution < -0.4 is 5.69 Å². The lowest BCUT2D eigenvalue weighted by atomic mass is 10.1. The Labute approximate surface area is 98.7 Å². The summed E-state index contributed by atoms with van der Waals surface area (Å²) in [5.74, 6) is 0.498. The fraction of sp³-hybridized carbons (Fsp3) is 0.636. The van der Waals surface area contributed by atoms with Crippen molar-refractivity contribution in [1.82, 2.24) is 9.55 Å². The fourth-order valence-electron chi connectivity index (χ4n) is 1.43. The zero-order valence-corrected chi connectivity index (χ0v) is 11.3. The molecule has 0 N–H and O–H groups in total. The minimum absolute atomic E-state index is 0.145. The van der Waals surface area contributed by atoms with E-state index in [4.69, 9.17) is 0 Å². The molecular weight excluding hydrogens is 256 g/mol. The molecule has 84 valence electrons. The van der Waals surface area contributed by atoms with E-state index in [-0.39, 0.29) is 5.69 Å². The van der Waals surface area contributed by atoms with Gasteiger partial charge in [0.15, 0.2) is 0 Å². The molecule has 0 aliphatic heterocycles. The number of aromatic nitrogens is 2. The second-order valence-corrected chi connectivity index (χ2v) is 4.80. The second-order valence-electron chi connectivity index (χ2n) is 4.00. The molecular formula is C11H17BrN2O. The Morgan fingerprint density at radius 2 is 2.07 bits per heavy atom. The van der Waals surface area contributed by atoms with Crippen LogP contribution in [0.1, 0.15) is 31.7 Å². The molecule has 0 radical (unpaired) electrons. The van der Waals surface area contributed by atoms with Crippen molar-refractivity contribution in [2.75, 3.05) is 0 Å². The van der Waals surface area contributed by atoms with Crippen LogP contribution >= 0.6 is 15.9 Å². The molecule has 0 spiro atoms. The molecule has 0 saturated carbocycles. The first-order valence-corrected chi connectivity index (χ1v) is 6.00. The van der Waals surface area contributed by atoms with E-state index in [0.717, 1.165) is 28.8 Å². The van der Waals surface area contributed by atoms with Crippen molar-refractivity contribution in [1.29, 1.82) is 0 Å². The number of aryl methyl sites for hydroxylation is 1. The van der Waals surface area contributed by atoms with E-state index < -0.39 is 0 Å². The zero-order valence-electron chi connectivity index (χ0n) is 9.67. The van der Waals surface area contributed by atoms with Crippen LogP contribution in [0.3, 0.4) is 0 Å². The zero-order chi connectivity index (χ0) is 11.6. The average molecular weight is 273 g/mol. The van der Waals surface area contributed by atoms with Crippen molar-refractivity contribution in [2.24, 2.45) is 5.92 Å². The number of nitrogens with zero attached hydrogens (tertiary/aromatic N) is 2. The fourth-order valence-corrected chi connectivity index (χ4v) is 1.74. The maximum absolute atomic E-state index is 11.7. The van der Waals surface area contributed by atoms with E-state index >= 15 is 0 Å². The molecule has 1 atom stereocenters. The average Bonchev–Trinajstić information content (AvgIpc) is 2.21. The van der Waals surface area contributed by atoms with Crippen LogP contribution in [0.2, 0.25) is 0 Å². The minimum Gasteiger partial charge on any atom is -0.295 e. The first kappa shape index (κ1) is 12.4. The van der Waals surface area contributed by atoms with Crippen molar-refractivity contribution < 1.29 is 0 Å². The highest BCUT2D eigenvalue weighted by Gasteiger charge is 2.10. The van der Waals surface area contributed by atoms with Crippen molar-refractivity contribution in [2.45, 2.75) is 40.7 Å². The normalized spacial score (nSPS) is 12.9.